The van der Waals surface area contributed by atoms with E-state index in [4.69, 9.17) is 0 Å². The smallest absolute Gasteiger partial charge is 0.0508 e. The van der Waals surface area contributed by atoms with Crippen LogP contribution in [0.15, 0.2) is 22.7 Å². The Balaban J connectivity index is 1.98. The van der Waals surface area contributed by atoms with E-state index in [0.29, 0.717) is 0 Å². The molecule has 1 fully saturated rings. The zero-order chi connectivity index (χ0) is 14.9. The zero-order valence-electron chi connectivity index (χ0n) is 13.3. The molecule has 0 spiro atoms. The van der Waals surface area contributed by atoms with Crippen molar-refractivity contribution >= 4 is 21.6 Å². The summed E-state index contributed by atoms with van der Waals surface area (Å²) < 4.78 is 1.20. The van der Waals surface area contributed by atoms with Gasteiger partial charge in [-0.05, 0) is 72.7 Å². The quantitative estimate of drug-likeness (QED) is 0.854. The molecule has 1 N–H and O–H groups in total. The number of hydrogen-bond donors (Lipinski definition) is 1. The minimum absolute atomic E-state index is 0.157. The molecule has 1 aliphatic carbocycles. The molecular formula is C17H27BrN2. The van der Waals surface area contributed by atoms with E-state index in [9.17, 15) is 0 Å². The molecule has 20 heavy (non-hydrogen) atoms. The largest absolute Gasteiger partial charge is 0.373 e. The highest BCUT2D eigenvalue weighted by Crippen LogP contribution is 2.39. The first kappa shape index (κ1) is 15.8. The highest BCUT2D eigenvalue weighted by atomic mass is 79.9. The van der Waals surface area contributed by atoms with Crippen LogP contribution < -0.4 is 10.2 Å². The molecule has 1 saturated carbocycles. The van der Waals surface area contributed by atoms with Gasteiger partial charge in [0, 0.05) is 30.1 Å². The van der Waals surface area contributed by atoms with E-state index >= 15 is 0 Å². The summed E-state index contributed by atoms with van der Waals surface area (Å²) in [6.07, 6.45) is 1.38. The summed E-state index contributed by atoms with van der Waals surface area (Å²) in [6.45, 7) is 11.0. The summed E-state index contributed by atoms with van der Waals surface area (Å²) in [5.74, 6) is 1.79. The molecule has 0 saturated heterocycles. The van der Waals surface area contributed by atoms with Crippen LogP contribution in [-0.2, 0) is 6.54 Å². The van der Waals surface area contributed by atoms with Gasteiger partial charge in [0.2, 0.25) is 0 Å². The summed E-state index contributed by atoms with van der Waals surface area (Å²) >= 11 is 3.72. The molecule has 0 radical (unpaired) electrons. The topological polar surface area (TPSA) is 15.3 Å². The zero-order valence-corrected chi connectivity index (χ0v) is 14.9. The molecule has 0 aliphatic heterocycles. The third-order valence-corrected chi connectivity index (χ3v) is 4.67. The van der Waals surface area contributed by atoms with Crippen molar-refractivity contribution in [2.45, 2.75) is 46.2 Å². The Kier molecular flexibility index (Phi) is 4.80. The Hall–Kier alpha value is -0.540. The van der Waals surface area contributed by atoms with Crippen LogP contribution in [0.3, 0.4) is 0 Å². The maximum absolute atomic E-state index is 3.72. The summed E-state index contributed by atoms with van der Waals surface area (Å²) in [5, 5.41) is 3.53. The molecule has 2 unspecified atom stereocenters. The number of benzene rings is 1. The first-order valence-electron chi connectivity index (χ1n) is 7.51. The van der Waals surface area contributed by atoms with Crippen molar-refractivity contribution in [3.63, 3.8) is 0 Å². The average Bonchev–Trinajstić information content (AvgIpc) is 3.01. The standard InChI is InChI=1S/C17H27BrN2/c1-12-8-14(12)11-20(5)16-7-6-13(9-15(16)18)10-19-17(2,3)4/h6-7,9,12,14,19H,8,10-11H2,1-5H3. The van der Waals surface area contributed by atoms with Crippen molar-refractivity contribution in [1.29, 1.82) is 0 Å². The molecule has 1 aromatic carbocycles. The first-order chi connectivity index (χ1) is 9.26. The van der Waals surface area contributed by atoms with Crippen LogP contribution in [-0.4, -0.2) is 19.1 Å². The van der Waals surface area contributed by atoms with Crippen LogP contribution >= 0.6 is 15.9 Å². The normalized spacial score (nSPS) is 21.9. The fourth-order valence-corrected chi connectivity index (χ4v) is 3.17. The summed E-state index contributed by atoms with van der Waals surface area (Å²) in [4.78, 5) is 2.37. The monoisotopic (exact) mass is 338 g/mol. The second-order valence-corrected chi connectivity index (χ2v) is 8.10. The lowest BCUT2D eigenvalue weighted by molar-refractivity contribution is 0.424. The summed E-state index contributed by atoms with van der Waals surface area (Å²) in [5.41, 5.74) is 2.77. The molecule has 0 aromatic heterocycles. The predicted octanol–water partition coefficient (Wildman–Crippen LogP) is 4.43. The fraction of sp³-hybridized carbons (Fsp3) is 0.647. The van der Waals surface area contributed by atoms with Crippen LogP contribution in [0.1, 0.15) is 39.7 Å². The lowest BCUT2D eigenvalue weighted by atomic mass is 10.1. The number of anilines is 1. The van der Waals surface area contributed by atoms with Gasteiger partial charge in [-0.25, -0.2) is 0 Å². The van der Waals surface area contributed by atoms with E-state index in [-0.39, 0.29) is 5.54 Å². The van der Waals surface area contributed by atoms with Crippen molar-refractivity contribution < 1.29 is 0 Å². The van der Waals surface area contributed by atoms with Gasteiger partial charge in [-0.15, -0.1) is 0 Å². The first-order valence-corrected chi connectivity index (χ1v) is 8.30. The highest BCUT2D eigenvalue weighted by molar-refractivity contribution is 9.10. The molecule has 0 amide bonds. The van der Waals surface area contributed by atoms with E-state index < -0.39 is 0 Å². The molecule has 2 rings (SSSR count). The van der Waals surface area contributed by atoms with Crippen LogP contribution in [0.2, 0.25) is 0 Å². The highest BCUT2D eigenvalue weighted by Gasteiger charge is 2.33. The molecule has 112 valence electrons. The number of nitrogens with zero attached hydrogens (tertiary/aromatic N) is 1. The van der Waals surface area contributed by atoms with Gasteiger partial charge in [-0.2, -0.15) is 0 Å². The molecular weight excluding hydrogens is 312 g/mol. The van der Waals surface area contributed by atoms with E-state index in [1.165, 1.54) is 28.7 Å². The van der Waals surface area contributed by atoms with Gasteiger partial charge in [-0.1, -0.05) is 13.0 Å². The van der Waals surface area contributed by atoms with Gasteiger partial charge >= 0.3 is 0 Å². The maximum atomic E-state index is 3.72. The molecule has 1 aromatic rings. The van der Waals surface area contributed by atoms with Crippen molar-refractivity contribution in [2.75, 3.05) is 18.5 Å². The minimum atomic E-state index is 0.157. The van der Waals surface area contributed by atoms with Crippen LogP contribution in [0.4, 0.5) is 5.69 Å². The van der Waals surface area contributed by atoms with Crippen LogP contribution in [0.5, 0.6) is 0 Å². The predicted molar refractivity (Wildman–Crippen MR) is 91.3 cm³/mol. The third-order valence-electron chi connectivity index (χ3n) is 4.03. The summed E-state index contributed by atoms with van der Waals surface area (Å²) in [6, 6.07) is 6.70. The number of hydrogen-bond acceptors (Lipinski definition) is 2. The van der Waals surface area contributed by atoms with Crippen molar-refractivity contribution in [3.05, 3.63) is 28.2 Å². The van der Waals surface area contributed by atoms with Crippen molar-refractivity contribution in [3.8, 4) is 0 Å². The van der Waals surface area contributed by atoms with E-state index in [0.717, 1.165) is 18.4 Å². The SMILES string of the molecule is CC1CC1CN(C)c1ccc(CNC(C)(C)C)cc1Br. The van der Waals surface area contributed by atoms with E-state index in [1.807, 2.05) is 0 Å². The number of nitrogens with one attached hydrogen (secondary N) is 1. The molecule has 2 nitrogen and oxygen atoms in total. The van der Waals surface area contributed by atoms with Gasteiger partial charge in [0.15, 0.2) is 0 Å². The number of halogens is 1. The van der Waals surface area contributed by atoms with E-state index in [1.54, 1.807) is 0 Å². The van der Waals surface area contributed by atoms with Gasteiger partial charge in [0.25, 0.3) is 0 Å². The van der Waals surface area contributed by atoms with Gasteiger partial charge in [0.1, 0.15) is 0 Å². The second-order valence-electron chi connectivity index (χ2n) is 7.24. The van der Waals surface area contributed by atoms with Crippen LogP contribution in [0, 0.1) is 11.8 Å². The summed E-state index contributed by atoms with van der Waals surface area (Å²) in [7, 11) is 2.19. The Morgan fingerprint density at radius 3 is 2.50 bits per heavy atom. The van der Waals surface area contributed by atoms with Gasteiger partial charge < -0.3 is 10.2 Å². The van der Waals surface area contributed by atoms with Crippen molar-refractivity contribution in [2.24, 2.45) is 11.8 Å². The fourth-order valence-electron chi connectivity index (χ4n) is 2.44. The molecule has 0 bridgehead atoms. The number of rotatable bonds is 5. The lowest BCUT2D eigenvalue weighted by Gasteiger charge is -2.23. The third kappa shape index (κ3) is 4.49. The molecule has 3 heteroatoms. The Bertz CT molecular complexity index is 465. The Morgan fingerprint density at radius 1 is 1.35 bits per heavy atom. The lowest BCUT2D eigenvalue weighted by Crippen LogP contribution is -2.35. The Morgan fingerprint density at radius 2 is 2.00 bits per heavy atom. The molecule has 0 heterocycles. The van der Waals surface area contributed by atoms with Crippen LogP contribution in [0.25, 0.3) is 0 Å². The molecule has 2 atom stereocenters. The van der Waals surface area contributed by atoms with Gasteiger partial charge in [-0.3, -0.25) is 0 Å². The second kappa shape index (κ2) is 6.07. The Labute approximate surface area is 132 Å². The molecule has 1 aliphatic rings. The minimum Gasteiger partial charge on any atom is -0.373 e. The van der Waals surface area contributed by atoms with Crippen molar-refractivity contribution in [1.82, 2.24) is 5.32 Å². The maximum Gasteiger partial charge on any atom is 0.0508 e. The van der Waals surface area contributed by atoms with Gasteiger partial charge in [0.05, 0.1) is 5.69 Å². The average molecular weight is 339 g/mol. The van der Waals surface area contributed by atoms with E-state index in [2.05, 4.69) is 79.1 Å².